The lowest BCUT2D eigenvalue weighted by Gasteiger charge is -2.35. The van der Waals surface area contributed by atoms with E-state index >= 15 is 0 Å². The maximum Gasteiger partial charge on any atom is 0.164 e. The molecule has 7 aromatic carbocycles. The van der Waals surface area contributed by atoms with Crippen molar-refractivity contribution in [3.63, 3.8) is 0 Å². The maximum absolute atomic E-state index is 9.54. The van der Waals surface area contributed by atoms with Crippen LogP contribution in [0.25, 0.3) is 78.7 Å². The summed E-state index contributed by atoms with van der Waals surface area (Å²) in [6.45, 7) is 0. The van der Waals surface area contributed by atoms with Gasteiger partial charge in [-0.25, -0.2) is 15.0 Å². The highest BCUT2D eigenvalue weighted by atomic mass is 15.0. The summed E-state index contributed by atoms with van der Waals surface area (Å²) in [5, 5.41) is 9.54. The van der Waals surface area contributed by atoms with E-state index in [0.29, 0.717) is 23.0 Å². The molecule has 1 spiro atoms. The van der Waals surface area contributed by atoms with Gasteiger partial charge >= 0.3 is 0 Å². The van der Waals surface area contributed by atoms with Gasteiger partial charge in [-0.15, -0.1) is 0 Å². The van der Waals surface area contributed by atoms with Crippen molar-refractivity contribution < 1.29 is 0 Å². The Hall–Kier alpha value is -7.81. The molecular formula is C52H31N5. The summed E-state index contributed by atoms with van der Waals surface area (Å²) in [5.74, 6) is 1.67. The van der Waals surface area contributed by atoms with E-state index in [-0.39, 0.29) is 0 Å². The number of fused-ring (bicyclic) bond motifs is 12. The van der Waals surface area contributed by atoms with E-state index < -0.39 is 5.41 Å². The third-order valence-corrected chi connectivity index (χ3v) is 11.5. The average Bonchev–Trinajstić information content (AvgIpc) is 3.54. The number of aromatic nitrogens is 4. The van der Waals surface area contributed by atoms with Crippen molar-refractivity contribution >= 4 is 0 Å². The minimum absolute atomic E-state index is 0.535. The van der Waals surface area contributed by atoms with Gasteiger partial charge in [0.1, 0.15) is 0 Å². The summed E-state index contributed by atoms with van der Waals surface area (Å²) in [4.78, 5) is 19.7. The Morgan fingerprint density at radius 3 is 1.33 bits per heavy atom. The second-order valence-corrected chi connectivity index (χ2v) is 14.5. The second-order valence-electron chi connectivity index (χ2n) is 14.5. The predicted molar refractivity (Wildman–Crippen MR) is 226 cm³/mol. The van der Waals surface area contributed by atoms with Crippen molar-refractivity contribution in [3.8, 4) is 84.7 Å². The number of rotatable bonds is 4. The van der Waals surface area contributed by atoms with E-state index in [2.05, 4.69) is 157 Å². The number of nitrogens with zero attached hydrogens (tertiary/aromatic N) is 5. The normalized spacial score (nSPS) is 12.7. The molecule has 2 heterocycles. The minimum Gasteiger partial charge on any atom is -0.264 e. The molecule has 0 N–H and O–H groups in total. The Labute approximate surface area is 330 Å². The number of benzene rings is 7. The van der Waals surface area contributed by atoms with Crippen molar-refractivity contribution in [1.82, 2.24) is 19.9 Å². The molecule has 0 amide bonds. The van der Waals surface area contributed by atoms with E-state index in [0.717, 1.165) is 27.8 Å². The topological polar surface area (TPSA) is 75.3 Å². The molecule has 0 aliphatic heterocycles. The smallest absolute Gasteiger partial charge is 0.164 e. The molecule has 0 saturated carbocycles. The first-order valence-corrected chi connectivity index (χ1v) is 19.0. The highest BCUT2D eigenvalue weighted by Crippen LogP contribution is 2.61. The van der Waals surface area contributed by atoms with Gasteiger partial charge in [0.15, 0.2) is 17.5 Å². The number of pyridine rings is 1. The van der Waals surface area contributed by atoms with Crippen LogP contribution in [-0.2, 0) is 5.41 Å². The summed E-state index contributed by atoms with van der Waals surface area (Å²) in [6, 6.07) is 64.0. The molecule has 0 bridgehead atoms. The molecule has 2 aliphatic rings. The summed E-state index contributed by atoms with van der Waals surface area (Å²) >= 11 is 0. The molecule has 2 aliphatic carbocycles. The summed E-state index contributed by atoms with van der Waals surface area (Å²) < 4.78 is 0. The standard InChI is InChI=1S/C52H31N5/c53-31-33-19-21-35(22-20-33)49-55-50(36-25-23-34(24-26-36)38-10-9-29-54-32-38)57-51(56-49)37-27-28-44-40-12-2-1-11-39(40)41-13-3-6-16-45(41)52(48(44)30-37)46-17-7-4-14-42(46)43-15-5-8-18-47(43)52/h1-30,32H. The zero-order valence-corrected chi connectivity index (χ0v) is 30.6. The van der Waals surface area contributed by atoms with E-state index in [1.165, 1.54) is 55.6 Å². The van der Waals surface area contributed by atoms with Crippen LogP contribution in [0.15, 0.2) is 188 Å². The molecule has 0 radical (unpaired) electrons. The highest BCUT2D eigenvalue weighted by molar-refractivity contribution is 5.97. The van der Waals surface area contributed by atoms with Crippen LogP contribution < -0.4 is 0 Å². The lowest BCUT2D eigenvalue weighted by atomic mass is 9.65. The molecular weight excluding hydrogens is 695 g/mol. The van der Waals surface area contributed by atoms with Gasteiger partial charge in [-0.1, -0.05) is 140 Å². The van der Waals surface area contributed by atoms with E-state index in [9.17, 15) is 5.26 Å². The predicted octanol–water partition coefficient (Wildman–Crippen LogP) is 11.8. The van der Waals surface area contributed by atoms with Crippen LogP contribution in [-0.4, -0.2) is 19.9 Å². The van der Waals surface area contributed by atoms with E-state index in [1.807, 2.05) is 24.4 Å². The van der Waals surface area contributed by atoms with Gasteiger partial charge in [0.2, 0.25) is 0 Å². The Morgan fingerprint density at radius 2 is 0.807 bits per heavy atom. The van der Waals surface area contributed by atoms with Crippen molar-refractivity contribution in [2.24, 2.45) is 0 Å². The summed E-state index contributed by atoms with van der Waals surface area (Å²) in [6.07, 6.45) is 3.64. The third-order valence-electron chi connectivity index (χ3n) is 11.5. The van der Waals surface area contributed by atoms with Gasteiger partial charge < -0.3 is 0 Å². The van der Waals surface area contributed by atoms with Gasteiger partial charge in [0.05, 0.1) is 17.0 Å². The Balaban J connectivity index is 1.18. The fraction of sp³-hybridized carbons (Fsp3) is 0.0192. The molecule has 57 heavy (non-hydrogen) atoms. The summed E-state index contributed by atoms with van der Waals surface area (Å²) in [7, 11) is 0. The zero-order valence-electron chi connectivity index (χ0n) is 30.6. The maximum atomic E-state index is 9.54. The third kappa shape index (κ3) is 5.01. The van der Waals surface area contributed by atoms with Crippen molar-refractivity contribution in [2.75, 3.05) is 0 Å². The number of hydrogen-bond acceptors (Lipinski definition) is 5. The highest BCUT2D eigenvalue weighted by Gasteiger charge is 2.49. The molecule has 0 saturated heterocycles. The van der Waals surface area contributed by atoms with Crippen LogP contribution in [0.3, 0.4) is 0 Å². The van der Waals surface area contributed by atoms with Gasteiger partial charge in [-0.05, 0) is 103 Å². The Bertz CT molecular complexity index is 3030. The van der Waals surface area contributed by atoms with Gasteiger partial charge in [-0.3, -0.25) is 4.98 Å². The van der Waals surface area contributed by atoms with E-state index in [4.69, 9.17) is 15.0 Å². The first-order valence-electron chi connectivity index (χ1n) is 19.0. The Kier molecular flexibility index (Phi) is 7.38. The molecule has 0 atom stereocenters. The van der Waals surface area contributed by atoms with Crippen molar-refractivity contribution in [1.29, 1.82) is 5.26 Å². The molecule has 9 aromatic rings. The van der Waals surface area contributed by atoms with Gasteiger partial charge in [-0.2, -0.15) is 5.26 Å². The van der Waals surface area contributed by atoms with Crippen LogP contribution in [0.1, 0.15) is 27.8 Å². The zero-order chi connectivity index (χ0) is 37.9. The van der Waals surface area contributed by atoms with Crippen LogP contribution >= 0.6 is 0 Å². The first-order chi connectivity index (χ1) is 28.2. The van der Waals surface area contributed by atoms with E-state index in [1.54, 1.807) is 18.3 Å². The second kappa shape index (κ2) is 12.9. The monoisotopic (exact) mass is 725 g/mol. The molecule has 264 valence electrons. The average molecular weight is 726 g/mol. The van der Waals surface area contributed by atoms with Crippen LogP contribution in [0.4, 0.5) is 0 Å². The van der Waals surface area contributed by atoms with Crippen LogP contribution in [0, 0.1) is 11.3 Å². The fourth-order valence-electron chi connectivity index (χ4n) is 8.99. The van der Waals surface area contributed by atoms with Crippen molar-refractivity contribution in [3.05, 3.63) is 216 Å². The molecule has 0 unspecified atom stereocenters. The quantitative estimate of drug-likeness (QED) is 0.181. The van der Waals surface area contributed by atoms with Gasteiger partial charge in [0, 0.05) is 29.1 Å². The van der Waals surface area contributed by atoms with Crippen LogP contribution in [0.5, 0.6) is 0 Å². The minimum atomic E-state index is -0.623. The summed E-state index contributed by atoms with van der Waals surface area (Å²) in [5.41, 5.74) is 16.8. The lowest BCUT2D eigenvalue weighted by Crippen LogP contribution is -2.29. The molecule has 5 nitrogen and oxygen atoms in total. The molecule has 11 rings (SSSR count). The number of hydrogen-bond donors (Lipinski definition) is 0. The number of nitriles is 1. The SMILES string of the molecule is N#Cc1ccc(-c2nc(-c3ccc(-c4cccnc4)cc3)nc(-c3ccc4c(c3)C3(c5ccccc5-c5ccccc5-4)c4ccccc4-c4ccccc43)n2)cc1. The lowest BCUT2D eigenvalue weighted by molar-refractivity contribution is 0.775. The Morgan fingerprint density at radius 1 is 0.368 bits per heavy atom. The molecule has 0 fully saturated rings. The molecule has 2 aromatic heterocycles. The first kappa shape index (κ1) is 32.6. The van der Waals surface area contributed by atoms with Crippen molar-refractivity contribution in [2.45, 2.75) is 5.41 Å². The fourth-order valence-corrected chi connectivity index (χ4v) is 8.99. The van der Waals surface area contributed by atoms with Gasteiger partial charge in [0.25, 0.3) is 0 Å². The largest absolute Gasteiger partial charge is 0.264 e. The molecule has 5 heteroatoms. The van der Waals surface area contributed by atoms with Crippen LogP contribution in [0.2, 0.25) is 0 Å².